The molecule has 25 heavy (non-hydrogen) atoms. The summed E-state index contributed by atoms with van der Waals surface area (Å²) in [4.78, 5) is 24.5. The first-order chi connectivity index (χ1) is 12.1. The van der Waals surface area contributed by atoms with E-state index in [1.165, 1.54) is 5.56 Å². The molecule has 2 N–H and O–H groups in total. The number of carbonyl (C=O) groups excluding carboxylic acids is 2. The number of aryl methyl sites for hydroxylation is 1. The first kappa shape index (κ1) is 15.5. The second kappa shape index (κ2) is 5.79. The average molecular weight is 346 g/mol. The molecule has 1 saturated heterocycles. The highest BCUT2D eigenvalue weighted by Gasteiger charge is 2.26. The van der Waals surface area contributed by atoms with Gasteiger partial charge in [-0.05, 0) is 57.9 Å². The molecule has 4 rings (SSSR count). The van der Waals surface area contributed by atoms with Gasteiger partial charge in [0.15, 0.2) is 5.11 Å². The van der Waals surface area contributed by atoms with Gasteiger partial charge < -0.3 is 0 Å². The third kappa shape index (κ3) is 2.49. The zero-order valence-electron chi connectivity index (χ0n) is 13.4. The van der Waals surface area contributed by atoms with Crippen molar-refractivity contribution in [3.8, 4) is 0 Å². The SMILES string of the molecule is Cc1c2ccccc2c(C=C2C(=O)NC(=S)NC2=O)c2ccccc12. The second-order valence-electron chi connectivity index (χ2n) is 5.93. The van der Waals surface area contributed by atoms with E-state index in [-0.39, 0.29) is 10.7 Å². The number of amides is 2. The van der Waals surface area contributed by atoms with Crippen LogP contribution < -0.4 is 10.6 Å². The van der Waals surface area contributed by atoms with E-state index in [0.29, 0.717) is 0 Å². The van der Waals surface area contributed by atoms with Crippen molar-refractivity contribution in [3.63, 3.8) is 0 Å². The molecular formula is C20H14N2O2S. The van der Waals surface area contributed by atoms with E-state index in [4.69, 9.17) is 12.2 Å². The van der Waals surface area contributed by atoms with Gasteiger partial charge in [-0.2, -0.15) is 0 Å². The summed E-state index contributed by atoms with van der Waals surface area (Å²) in [6.45, 7) is 2.08. The van der Waals surface area contributed by atoms with Gasteiger partial charge in [-0.25, -0.2) is 0 Å². The quantitative estimate of drug-likeness (QED) is 0.308. The lowest BCUT2D eigenvalue weighted by Gasteiger charge is -2.18. The second-order valence-corrected chi connectivity index (χ2v) is 6.33. The molecule has 1 aliphatic heterocycles. The molecule has 3 aromatic carbocycles. The first-order valence-electron chi connectivity index (χ1n) is 7.84. The third-order valence-corrected chi connectivity index (χ3v) is 4.68. The van der Waals surface area contributed by atoms with Gasteiger partial charge >= 0.3 is 0 Å². The Morgan fingerprint density at radius 3 is 1.72 bits per heavy atom. The molecule has 0 aromatic heterocycles. The molecule has 0 bridgehead atoms. The summed E-state index contributed by atoms with van der Waals surface area (Å²) in [5, 5.41) is 9.19. The molecule has 4 nitrogen and oxygen atoms in total. The minimum atomic E-state index is -0.484. The smallest absolute Gasteiger partial charge is 0.263 e. The largest absolute Gasteiger partial charge is 0.299 e. The average Bonchev–Trinajstić information content (AvgIpc) is 2.60. The minimum absolute atomic E-state index is 0.0331. The van der Waals surface area contributed by atoms with Gasteiger partial charge in [0.05, 0.1) is 0 Å². The van der Waals surface area contributed by atoms with Crippen molar-refractivity contribution in [3.05, 3.63) is 65.2 Å². The maximum absolute atomic E-state index is 12.2. The zero-order valence-corrected chi connectivity index (χ0v) is 14.2. The van der Waals surface area contributed by atoms with E-state index < -0.39 is 11.8 Å². The van der Waals surface area contributed by atoms with Crippen molar-refractivity contribution in [2.24, 2.45) is 0 Å². The molecule has 2 amide bonds. The third-order valence-electron chi connectivity index (χ3n) is 4.47. The fourth-order valence-electron chi connectivity index (χ4n) is 3.29. The van der Waals surface area contributed by atoms with Gasteiger partial charge in [-0.1, -0.05) is 48.5 Å². The maximum atomic E-state index is 12.2. The van der Waals surface area contributed by atoms with Crippen LogP contribution in [0.2, 0.25) is 0 Å². The topological polar surface area (TPSA) is 58.2 Å². The van der Waals surface area contributed by atoms with Crippen LogP contribution in [-0.4, -0.2) is 16.9 Å². The van der Waals surface area contributed by atoms with Crippen LogP contribution >= 0.6 is 12.2 Å². The summed E-state index contributed by atoms with van der Waals surface area (Å²) in [6, 6.07) is 16.0. The Morgan fingerprint density at radius 1 is 0.800 bits per heavy atom. The van der Waals surface area contributed by atoms with Crippen LogP contribution in [0.15, 0.2) is 54.1 Å². The van der Waals surface area contributed by atoms with Gasteiger partial charge in [0.2, 0.25) is 0 Å². The Hall–Kier alpha value is -3.05. The van der Waals surface area contributed by atoms with Crippen LogP contribution in [0.5, 0.6) is 0 Å². The standard InChI is InChI=1S/C20H14N2O2S/c1-11-12-6-2-4-8-14(12)16(15-9-5-3-7-13(11)15)10-17-18(23)21-20(25)22-19(17)24/h2-10H,1H3,(H2,21,22,23,24,25). The number of carbonyl (C=O) groups is 2. The lowest BCUT2D eigenvalue weighted by molar-refractivity contribution is -0.123. The number of thiocarbonyl (C=S) groups is 1. The summed E-state index contributed by atoms with van der Waals surface area (Å²) in [6.07, 6.45) is 1.65. The molecule has 0 radical (unpaired) electrons. The molecule has 1 aliphatic rings. The lowest BCUT2D eigenvalue weighted by atomic mass is 9.91. The zero-order chi connectivity index (χ0) is 17.6. The van der Waals surface area contributed by atoms with E-state index in [2.05, 4.69) is 29.7 Å². The number of nitrogens with one attached hydrogen (secondary N) is 2. The van der Waals surface area contributed by atoms with E-state index in [1.807, 2.05) is 36.4 Å². The van der Waals surface area contributed by atoms with Gasteiger partial charge in [-0.15, -0.1) is 0 Å². The summed E-state index contributed by atoms with van der Waals surface area (Å²) < 4.78 is 0. The van der Waals surface area contributed by atoms with Crippen molar-refractivity contribution in [2.45, 2.75) is 6.92 Å². The number of hydrogen-bond acceptors (Lipinski definition) is 3. The van der Waals surface area contributed by atoms with Crippen molar-refractivity contribution in [2.75, 3.05) is 0 Å². The monoisotopic (exact) mass is 346 g/mol. The molecule has 0 spiro atoms. The first-order valence-corrected chi connectivity index (χ1v) is 8.25. The molecule has 1 heterocycles. The Labute approximate surface area is 149 Å². The Bertz CT molecular complexity index is 1040. The van der Waals surface area contributed by atoms with E-state index in [0.717, 1.165) is 27.1 Å². The highest BCUT2D eigenvalue weighted by atomic mass is 32.1. The summed E-state index contributed by atoms with van der Waals surface area (Å²) in [5.41, 5.74) is 2.07. The highest BCUT2D eigenvalue weighted by Crippen LogP contribution is 2.33. The van der Waals surface area contributed by atoms with E-state index in [1.54, 1.807) is 6.08 Å². The van der Waals surface area contributed by atoms with Crippen LogP contribution in [0.4, 0.5) is 0 Å². The van der Waals surface area contributed by atoms with Crippen LogP contribution in [0.1, 0.15) is 11.1 Å². The molecule has 0 unspecified atom stereocenters. The number of benzene rings is 3. The molecule has 5 heteroatoms. The Kier molecular flexibility index (Phi) is 3.58. The summed E-state index contributed by atoms with van der Waals surface area (Å²) >= 11 is 4.86. The van der Waals surface area contributed by atoms with Gasteiger partial charge in [0.25, 0.3) is 11.8 Å². The molecular weight excluding hydrogens is 332 g/mol. The van der Waals surface area contributed by atoms with Crippen LogP contribution in [0.3, 0.4) is 0 Å². The predicted molar refractivity (Wildman–Crippen MR) is 103 cm³/mol. The maximum Gasteiger partial charge on any atom is 0.263 e. The van der Waals surface area contributed by atoms with E-state index in [9.17, 15) is 9.59 Å². The van der Waals surface area contributed by atoms with E-state index >= 15 is 0 Å². The van der Waals surface area contributed by atoms with Gasteiger partial charge in [0, 0.05) is 0 Å². The summed E-state index contributed by atoms with van der Waals surface area (Å²) in [5.74, 6) is -0.968. The fourth-order valence-corrected chi connectivity index (χ4v) is 3.47. The number of hydrogen-bond donors (Lipinski definition) is 2. The Morgan fingerprint density at radius 2 is 1.24 bits per heavy atom. The normalized spacial score (nSPS) is 14.6. The van der Waals surface area contributed by atoms with Crippen molar-refractivity contribution >= 4 is 56.8 Å². The van der Waals surface area contributed by atoms with Crippen molar-refractivity contribution < 1.29 is 9.59 Å². The number of fused-ring (bicyclic) bond motifs is 2. The van der Waals surface area contributed by atoms with Crippen LogP contribution in [-0.2, 0) is 9.59 Å². The van der Waals surface area contributed by atoms with Crippen LogP contribution in [0.25, 0.3) is 27.6 Å². The molecule has 0 atom stereocenters. The lowest BCUT2D eigenvalue weighted by Crippen LogP contribution is -2.51. The Balaban J connectivity index is 2.08. The van der Waals surface area contributed by atoms with Crippen molar-refractivity contribution in [1.82, 2.24) is 10.6 Å². The van der Waals surface area contributed by atoms with Gasteiger partial charge in [0.1, 0.15) is 5.57 Å². The number of rotatable bonds is 1. The van der Waals surface area contributed by atoms with Crippen molar-refractivity contribution in [1.29, 1.82) is 0 Å². The minimum Gasteiger partial charge on any atom is -0.299 e. The predicted octanol–water partition coefficient (Wildman–Crippen LogP) is 3.22. The highest BCUT2D eigenvalue weighted by molar-refractivity contribution is 7.80. The van der Waals surface area contributed by atoms with Crippen LogP contribution in [0, 0.1) is 6.92 Å². The molecule has 0 aliphatic carbocycles. The van der Waals surface area contributed by atoms with Gasteiger partial charge in [-0.3, -0.25) is 20.2 Å². The molecule has 0 saturated carbocycles. The molecule has 122 valence electrons. The summed E-state index contributed by atoms with van der Waals surface area (Å²) in [7, 11) is 0. The fraction of sp³-hybridized carbons (Fsp3) is 0.0500. The molecule has 1 fully saturated rings. The molecule has 3 aromatic rings.